The van der Waals surface area contributed by atoms with E-state index in [2.05, 4.69) is 21.2 Å². The fourth-order valence-corrected chi connectivity index (χ4v) is 3.09. The van der Waals surface area contributed by atoms with Gasteiger partial charge in [0.25, 0.3) is 5.91 Å². The minimum Gasteiger partial charge on any atom is -0.484 e. The van der Waals surface area contributed by atoms with Crippen LogP contribution in [0.5, 0.6) is 5.75 Å². The van der Waals surface area contributed by atoms with Crippen molar-refractivity contribution in [3.8, 4) is 5.75 Å². The van der Waals surface area contributed by atoms with Crippen molar-refractivity contribution < 1.29 is 14.3 Å². The monoisotopic (exact) mass is 460 g/mol. The van der Waals surface area contributed by atoms with E-state index in [9.17, 15) is 9.59 Å². The highest BCUT2D eigenvalue weighted by Crippen LogP contribution is 2.17. The average molecular weight is 461 g/mol. The molecule has 1 N–H and O–H groups in total. The van der Waals surface area contributed by atoms with Crippen molar-refractivity contribution in [1.82, 2.24) is 10.2 Å². The van der Waals surface area contributed by atoms with Crippen LogP contribution in [0.15, 0.2) is 53.0 Å². The van der Waals surface area contributed by atoms with Gasteiger partial charge in [-0.05, 0) is 64.4 Å². The number of carbonyl (C=O) groups is 2. The molecule has 0 heterocycles. The number of nitrogens with zero attached hydrogens (tertiary/aromatic N) is 1. The molecule has 0 radical (unpaired) electrons. The molecule has 1 atom stereocenters. The van der Waals surface area contributed by atoms with E-state index in [1.54, 1.807) is 24.0 Å². The second kappa shape index (κ2) is 9.92. The van der Waals surface area contributed by atoms with Crippen molar-refractivity contribution in [2.45, 2.75) is 52.7 Å². The van der Waals surface area contributed by atoms with Crippen LogP contribution in [-0.2, 0) is 16.1 Å². The topological polar surface area (TPSA) is 58.6 Å². The van der Waals surface area contributed by atoms with E-state index in [-0.39, 0.29) is 24.0 Å². The smallest absolute Gasteiger partial charge is 0.261 e. The normalized spacial score (nSPS) is 12.2. The fraction of sp³-hybridized carbons (Fsp3) is 0.391. The number of amides is 2. The highest BCUT2D eigenvalue weighted by molar-refractivity contribution is 9.10. The Bertz CT molecular complexity index is 844. The Morgan fingerprint density at radius 3 is 2.38 bits per heavy atom. The summed E-state index contributed by atoms with van der Waals surface area (Å²) in [5, 5.41) is 2.95. The van der Waals surface area contributed by atoms with Crippen LogP contribution in [0.1, 0.15) is 38.8 Å². The lowest BCUT2D eigenvalue weighted by Crippen LogP contribution is -2.53. The lowest BCUT2D eigenvalue weighted by atomic mass is 10.1. The Kier molecular flexibility index (Phi) is 7.85. The summed E-state index contributed by atoms with van der Waals surface area (Å²) in [5.74, 6) is 0.164. The molecule has 0 spiro atoms. The molecule has 0 aliphatic rings. The molecule has 0 aliphatic heterocycles. The van der Waals surface area contributed by atoms with Crippen molar-refractivity contribution in [3.05, 3.63) is 64.1 Å². The number of hydrogen-bond donors (Lipinski definition) is 1. The van der Waals surface area contributed by atoms with Crippen LogP contribution in [-0.4, -0.2) is 34.9 Å². The van der Waals surface area contributed by atoms with Gasteiger partial charge in [-0.2, -0.15) is 0 Å². The summed E-state index contributed by atoms with van der Waals surface area (Å²) in [5.41, 5.74) is 1.70. The molecule has 0 aromatic heterocycles. The average Bonchev–Trinajstić information content (AvgIpc) is 2.63. The van der Waals surface area contributed by atoms with Gasteiger partial charge in [-0.3, -0.25) is 9.59 Å². The summed E-state index contributed by atoms with van der Waals surface area (Å²) in [6.07, 6.45) is 0. The lowest BCUT2D eigenvalue weighted by Gasteiger charge is -2.31. The third-order valence-electron chi connectivity index (χ3n) is 4.28. The Hall–Kier alpha value is -2.34. The molecular weight excluding hydrogens is 432 g/mol. The molecule has 2 aromatic rings. The number of halogens is 1. The van der Waals surface area contributed by atoms with E-state index in [1.807, 2.05) is 64.1 Å². The van der Waals surface area contributed by atoms with Gasteiger partial charge in [0.05, 0.1) is 0 Å². The number of hydrogen-bond acceptors (Lipinski definition) is 3. The van der Waals surface area contributed by atoms with Crippen molar-refractivity contribution in [2.24, 2.45) is 0 Å². The molecule has 2 aromatic carbocycles. The minimum atomic E-state index is -0.629. The predicted octanol–water partition coefficient (Wildman–Crippen LogP) is 4.47. The summed E-state index contributed by atoms with van der Waals surface area (Å²) < 4.78 is 6.59. The van der Waals surface area contributed by atoms with Gasteiger partial charge in [0.1, 0.15) is 11.8 Å². The number of aryl methyl sites for hydroxylation is 1. The Balaban J connectivity index is 2.16. The molecule has 0 bridgehead atoms. The van der Waals surface area contributed by atoms with Gasteiger partial charge in [-0.1, -0.05) is 45.8 Å². The van der Waals surface area contributed by atoms with E-state index in [0.29, 0.717) is 12.3 Å². The maximum atomic E-state index is 13.0. The van der Waals surface area contributed by atoms with Crippen LogP contribution in [0.25, 0.3) is 0 Å². The second-order valence-corrected chi connectivity index (χ2v) is 9.08. The zero-order valence-electron chi connectivity index (χ0n) is 17.7. The van der Waals surface area contributed by atoms with Crippen LogP contribution >= 0.6 is 15.9 Å². The molecule has 6 heteroatoms. The Morgan fingerprint density at radius 1 is 1.14 bits per heavy atom. The first-order valence-corrected chi connectivity index (χ1v) is 10.4. The third kappa shape index (κ3) is 7.54. The number of carbonyl (C=O) groups excluding carboxylic acids is 2. The predicted molar refractivity (Wildman–Crippen MR) is 119 cm³/mol. The molecule has 5 nitrogen and oxygen atoms in total. The highest BCUT2D eigenvalue weighted by atomic mass is 79.9. The molecule has 2 rings (SSSR count). The quantitative estimate of drug-likeness (QED) is 0.662. The van der Waals surface area contributed by atoms with Gasteiger partial charge in [0.2, 0.25) is 5.91 Å². The molecule has 2 amide bonds. The van der Waals surface area contributed by atoms with Crippen molar-refractivity contribution in [3.63, 3.8) is 0 Å². The zero-order valence-corrected chi connectivity index (χ0v) is 19.2. The van der Waals surface area contributed by atoms with Crippen LogP contribution in [0, 0.1) is 6.92 Å². The Morgan fingerprint density at radius 2 is 1.79 bits per heavy atom. The van der Waals surface area contributed by atoms with Gasteiger partial charge < -0.3 is 15.0 Å². The summed E-state index contributed by atoms with van der Waals surface area (Å²) >= 11 is 3.38. The van der Waals surface area contributed by atoms with Crippen molar-refractivity contribution >= 4 is 27.7 Å². The summed E-state index contributed by atoms with van der Waals surface area (Å²) in [6.45, 7) is 9.70. The SMILES string of the molecule is Cc1cccc(CN(C(=O)COc2ccc(Br)cc2)C(C)C(=O)NC(C)(C)C)c1. The summed E-state index contributed by atoms with van der Waals surface area (Å²) in [4.78, 5) is 27.3. The summed E-state index contributed by atoms with van der Waals surface area (Å²) in [6, 6.07) is 14.6. The van der Waals surface area contributed by atoms with Crippen molar-refractivity contribution in [1.29, 1.82) is 0 Å². The fourth-order valence-electron chi connectivity index (χ4n) is 2.82. The number of rotatable bonds is 7. The molecule has 29 heavy (non-hydrogen) atoms. The maximum Gasteiger partial charge on any atom is 0.261 e. The standard InChI is InChI=1S/C23H29BrN2O3/c1-16-7-6-8-18(13-16)14-26(17(2)22(28)25-23(3,4)5)21(27)15-29-20-11-9-19(24)10-12-20/h6-13,17H,14-15H2,1-5H3,(H,25,28). The molecule has 0 fully saturated rings. The van der Waals surface area contributed by atoms with Gasteiger partial charge in [-0.15, -0.1) is 0 Å². The van der Waals surface area contributed by atoms with Crippen LogP contribution in [0.2, 0.25) is 0 Å². The van der Waals surface area contributed by atoms with Gasteiger partial charge in [0.15, 0.2) is 6.61 Å². The first kappa shape index (κ1) is 22.9. The van der Waals surface area contributed by atoms with Crippen LogP contribution < -0.4 is 10.1 Å². The van der Waals surface area contributed by atoms with Crippen LogP contribution in [0.4, 0.5) is 0 Å². The molecular formula is C23H29BrN2O3. The molecule has 0 saturated heterocycles. The Labute approximate surface area is 181 Å². The van der Waals surface area contributed by atoms with E-state index >= 15 is 0 Å². The van der Waals surface area contributed by atoms with Gasteiger partial charge >= 0.3 is 0 Å². The first-order valence-electron chi connectivity index (χ1n) is 9.60. The minimum absolute atomic E-state index is 0.138. The lowest BCUT2D eigenvalue weighted by molar-refractivity contribution is -0.142. The number of benzene rings is 2. The molecule has 156 valence electrons. The number of ether oxygens (including phenoxy) is 1. The molecule has 1 unspecified atom stereocenters. The first-order chi connectivity index (χ1) is 13.5. The third-order valence-corrected chi connectivity index (χ3v) is 4.81. The van der Waals surface area contributed by atoms with E-state index < -0.39 is 6.04 Å². The number of nitrogens with one attached hydrogen (secondary N) is 1. The van der Waals surface area contributed by atoms with Gasteiger partial charge in [0, 0.05) is 16.6 Å². The van der Waals surface area contributed by atoms with E-state index in [4.69, 9.17) is 4.74 Å². The van der Waals surface area contributed by atoms with Crippen LogP contribution in [0.3, 0.4) is 0 Å². The van der Waals surface area contributed by atoms with Crippen molar-refractivity contribution in [2.75, 3.05) is 6.61 Å². The molecule has 0 aliphatic carbocycles. The molecule has 0 saturated carbocycles. The van der Waals surface area contributed by atoms with E-state index in [0.717, 1.165) is 15.6 Å². The second-order valence-electron chi connectivity index (χ2n) is 8.17. The summed E-state index contributed by atoms with van der Waals surface area (Å²) in [7, 11) is 0. The van der Waals surface area contributed by atoms with Gasteiger partial charge in [-0.25, -0.2) is 0 Å². The van der Waals surface area contributed by atoms with E-state index in [1.165, 1.54) is 0 Å². The zero-order chi connectivity index (χ0) is 21.6. The largest absolute Gasteiger partial charge is 0.484 e. The maximum absolute atomic E-state index is 13.0. The highest BCUT2D eigenvalue weighted by Gasteiger charge is 2.28.